The molecule has 0 spiro atoms. The maximum Gasteiger partial charge on any atom is 0.230 e. The van der Waals surface area contributed by atoms with Crippen molar-refractivity contribution in [2.24, 2.45) is 0 Å². The van der Waals surface area contributed by atoms with Crippen LogP contribution in [-0.4, -0.2) is 32.2 Å². The molecule has 1 aromatic carbocycles. The van der Waals surface area contributed by atoms with Crippen LogP contribution in [0.4, 0.5) is 5.69 Å². The number of benzene rings is 1. The first kappa shape index (κ1) is 17.0. The first-order valence-corrected chi connectivity index (χ1v) is 8.66. The number of nitrogens with one attached hydrogen (secondary N) is 2. The summed E-state index contributed by atoms with van der Waals surface area (Å²) < 4.78 is 1.84. The highest BCUT2D eigenvalue weighted by molar-refractivity contribution is 8.00. The maximum absolute atomic E-state index is 12.0. The molecule has 2 heterocycles. The van der Waals surface area contributed by atoms with Gasteiger partial charge >= 0.3 is 0 Å². The van der Waals surface area contributed by atoms with Crippen molar-refractivity contribution in [3.05, 3.63) is 54.5 Å². The second-order valence-corrected chi connectivity index (χ2v) is 6.36. The minimum absolute atomic E-state index is 0.0800. The lowest BCUT2D eigenvalue weighted by molar-refractivity contribution is -0.118. The zero-order chi connectivity index (χ0) is 17.6. The Morgan fingerprint density at radius 2 is 1.92 bits per heavy atom. The van der Waals surface area contributed by atoms with Crippen molar-refractivity contribution in [2.45, 2.75) is 18.4 Å². The molecular formula is C17H17N5O2S. The molecule has 7 nitrogen and oxygen atoms in total. The van der Waals surface area contributed by atoms with Gasteiger partial charge in [0, 0.05) is 23.7 Å². The van der Waals surface area contributed by atoms with Gasteiger partial charge in [-0.1, -0.05) is 6.07 Å². The first-order chi connectivity index (χ1) is 12.1. The van der Waals surface area contributed by atoms with Crippen molar-refractivity contribution in [2.75, 3.05) is 11.1 Å². The largest absolute Gasteiger partial charge is 0.348 e. The molecule has 3 aromatic rings. The van der Waals surface area contributed by atoms with Crippen LogP contribution in [-0.2, 0) is 16.1 Å². The fraction of sp³-hybridized carbons (Fsp3) is 0.176. The molecule has 0 saturated carbocycles. The number of amides is 2. The van der Waals surface area contributed by atoms with E-state index in [9.17, 15) is 9.59 Å². The van der Waals surface area contributed by atoms with E-state index in [2.05, 4.69) is 20.8 Å². The van der Waals surface area contributed by atoms with Crippen LogP contribution in [0.25, 0.3) is 5.65 Å². The average molecular weight is 355 g/mol. The number of anilines is 1. The van der Waals surface area contributed by atoms with Crippen molar-refractivity contribution in [1.82, 2.24) is 19.9 Å². The topological polar surface area (TPSA) is 88.4 Å². The molecule has 0 bridgehead atoms. The monoisotopic (exact) mass is 355 g/mol. The lowest BCUT2D eigenvalue weighted by Gasteiger charge is -2.06. The van der Waals surface area contributed by atoms with Crippen LogP contribution in [0.3, 0.4) is 0 Å². The number of nitrogens with zero attached hydrogens (tertiary/aromatic N) is 3. The summed E-state index contributed by atoms with van der Waals surface area (Å²) in [5.74, 6) is 0.800. The number of rotatable bonds is 6. The van der Waals surface area contributed by atoms with Crippen LogP contribution in [0.1, 0.15) is 12.7 Å². The lowest BCUT2D eigenvalue weighted by atomic mass is 10.3. The number of aromatic nitrogens is 3. The SMILES string of the molecule is CC(=O)Nc1ccc(SCC(=O)NCc2nnc3ccccn23)cc1. The summed E-state index contributed by atoms with van der Waals surface area (Å²) in [7, 11) is 0. The molecule has 2 N–H and O–H groups in total. The quantitative estimate of drug-likeness (QED) is 0.661. The Labute approximate surface area is 148 Å². The Morgan fingerprint density at radius 3 is 2.68 bits per heavy atom. The third-order valence-electron chi connectivity index (χ3n) is 3.37. The van der Waals surface area contributed by atoms with Gasteiger partial charge in [0.2, 0.25) is 11.8 Å². The van der Waals surface area contributed by atoms with E-state index in [1.54, 1.807) is 0 Å². The highest BCUT2D eigenvalue weighted by Gasteiger charge is 2.07. The van der Waals surface area contributed by atoms with E-state index in [4.69, 9.17) is 0 Å². The van der Waals surface area contributed by atoms with Crippen LogP contribution in [0.15, 0.2) is 53.6 Å². The molecule has 0 aliphatic heterocycles. The molecule has 2 aromatic heterocycles. The van der Waals surface area contributed by atoms with Crippen molar-refractivity contribution >= 4 is 34.9 Å². The fourth-order valence-corrected chi connectivity index (χ4v) is 2.96. The number of carbonyl (C=O) groups excluding carboxylic acids is 2. The van der Waals surface area contributed by atoms with Gasteiger partial charge in [0.05, 0.1) is 12.3 Å². The molecule has 0 aliphatic rings. The van der Waals surface area contributed by atoms with Gasteiger partial charge in [0.25, 0.3) is 0 Å². The molecule has 0 saturated heterocycles. The minimum atomic E-state index is -0.110. The average Bonchev–Trinajstić information content (AvgIpc) is 3.02. The van der Waals surface area contributed by atoms with Crippen LogP contribution in [0.2, 0.25) is 0 Å². The van der Waals surface area contributed by atoms with E-state index in [0.29, 0.717) is 18.1 Å². The molecule has 0 radical (unpaired) electrons. The standard InChI is InChI=1S/C17H17N5O2S/c1-12(23)19-13-5-7-14(8-6-13)25-11-17(24)18-10-16-21-20-15-4-2-3-9-22(15)16/h2-9H,10-11H2,1H3,(H,18,24)(H,19,23). The summed E-state index contributed by atoms with van der Waals surface area (Å²) in [5.41, 5.74) is 1.49. The Morgan fingerprint density at radius 1 is 1.12 bits per heavy atom. The normalized spacial score (nSPS) is 10.6. The first-order valence-electron chi connectivity index (χ1n) is 7.67. The molecule has 25 heavy (non-hydrogen) atoms. The highest BCUT2D eigenvalue weighted by Crippen LogP contribution is 2.20. The van der Waals surface area contributed by atoms with Crippen LogP contribution in [0, 0.1) is 0 Å². The van der Waals surface area contributed by atoms with Crippen molar-refractivity contribution in [3.63, 3.8) is 0 Å². The van der Waals surface area contributed by atoms with Gasteiger partial charge in [-0.15, -0.1) is 22.0 Å². The van der Waals surface area contributed by atoms with E-state index in [1.165, 1.54) is 18.7 Å². The third kappa shape index (κ3) is 4.57. The van der Waals surface area contributed by atoms with Gasteiger partial charge in [-0.05, 0) is 36.4 Å². The lowest BCUT2D eigenvalue weighted by Crippen LogP contribution is -2.25. The molecule has 3 rings (SSSR count). The van der Waals surface area contributed by atoms with Gasteiger partial charge < -0.3 is 10.6 Å². The Balaban J connectivity index is 1.49. The van der Waals surface area contributed by atoms with Crippen molar-refractivity contribution in [3.8, 4) is 0 Å². The van der Waals surface area contributed by atoms with Crippen LogP contribution in [0.5, 0.6) is 0 Å². The molecular weight excluding hydrogens is 338 g/mol. The summed E-state index contributed by atoms with van der Waals surface area (Å²) >= 11 is 1.43. The molecule has 2 amide bonds. The van der Waals surface area contributed by atoms with E-state index in [-0.39, 0.29) is 11.8 Å². The number of pyridine rings is 1. The zero-order valence-electron chi connectivity index (χ0n) is 13.6. The molecule has 0 atom stereocenters. The van der Waals surface area contributed by atoms with E-state index < -0.39 is 0 Å². The Hall–Kier alpha value is -2.87. The minimum Gasteiger partial charge on any atom is -0.348 e. The van der Waals surface area contributed by atoms with Crippen molar-refractivity contribution in [1.29, 1.82) is 0 Å². The van der Waals surface area contributed by atoms with Gasteiger partial charge in [-0.25, -0.2) is 0 Å². The second-order valence-electron chi connectivity index (χ2n) is 5.32. The molecule has 0 unspecified atom stereocenters. The van der Waals surface area contributed by atoms with E-state index >= 15 is 0 Å². The van der Waals surface area contributed by atoms with Crippen molar-refractivity contribution < 1.29 is 9.59 Å². The second kappa shape index (κ2) is 7.80. The molecule has 128 valence electrons. The van der Waals surface area contributed by atoms with Gasteiger partial charge in [-0.3, -0.25) is 14.0 Å². The Bertz CT molecular complexity index is 891. The predicted octanol–water partition coefficient (Wildman–Crippen LogP) is 2.10. The third-order valence-corrected chi connectivity index (χ3v) is 4.38. The fourth-order valence-electron chi connectivity index (χ4n) is 2.23. The van der Waals surface area contributed by atoms with E-state index in [0.717, 1.165) is 16.2 Å². The van der Waals surface area contributed by atoms with Crippen LogP contribution < -0.4 is 10.6 Å². The van der Waals surface area contributed by atoms with Crippen LogP contribution >= 0.6 is 11.8 Å². The summed E-state index contributed by atoms with van der Waals surface area (Å²) in [4.78, 5) is 24.0. The summed E-state index contributed by atoms with van der Waals surface area (Å²) in [5, 5.41) is 13.7. The molecule has 0 fully saturated rings. The summed E-state index contributed by atoms with van der Waals surface area (Å²) in [6, 6.07) is 13.0. The molecule has 0 aliphatic carbocycles. The predicted molar refractivity (Wildman–Crippen MR) is 96.3 cm³/mol. The highest BCUT2D eigenvalue weighted by atomic mass is 32.2. The number of fused-ring (bicyclic) bond motifs is 1. The number of hydrogen-bond donors (Lipinski definition) is 2. The van der Waals surface area contributed by atoms with Gasteiger partial charge in [0.1, 0.15) is 0 Å². The van der Waals surface area contributed by atoms with Gasteiger partial charge in [0.15, 0.2) is 11.5 Å². The van der Waals surface area contributed by atoms with E-state index in [1.807, 2.05) is 53.1 Å². The van der Waals surface area contributed by atoms with Gasteiger partial charge in [-0.2, -0.15) is 0 Å². The summed E-state index contributed by atoms with van der Waals surface area (Å²) in [6.07, 6.45) is 1.86. The number of carbonyl (C=O) groups is 2. The number of hydrogen-bond acceptors (Lipinski definition) is 5. The molecule has 8 heteroatoms. The maximum atomic E-state index is 12.0. The Kier molecular flexibility index (Phi) is 5.30. The zero-order valence-corrected chi connectivity index (χ0v) is 14.4. The summed E-state index contributed by atoms with van der Waals surface area (Å²) in [6.45, 7) is 1.79. The number of thioether (sulfide) groups is 1. The smallest absolute Gasteiger partial charge is 0.230 e.